The minimum Gasteiger partial charge on any atom is -0.395 e. The van der Waals surface area contributed by atoms with Gasteiger partial charge in [-0.2, -0.15) is 0 Å². The van der Waals surface area contributed by atoms with Crippen LogP contribution in [0.2, 0.25) is 0 Å². The third kappa shape index (κ3) is 165. The maximum Gasteiger partial charge on any atom is 0.466 e. The van der Waals surface area contributed by atoms with Crippen LogP contribution in [0.3, 0.4) is 0 Å². The number of aliphatic hydroxyl groups excluding tert-OH is 3. The molecule has 8 nitrogen and oxygen atoms in total. The predicted octanol–water partition coefficient (Wildman–Crippen LogP) is -2.63. The van der Waals surface area contributed by atoms with Crippen LogP contribution in [0.4, 0.5) is 0 Å². The predicted molar refractivity (Wildman–Crippen MR) is 49.2 cm³/mol. The van der Waals surface area contributed by atoms with E-state index >= 15 is 0 Å². The highest BCUT2D eigenvalue weighted by molar-refractivity contribution is 7.45. The Balaban J connectivity index is -0.000000131. The number of hydrogen-bond donors (Lipinski definition) is 7. The maximum absolute atomic E-state index is 8.88. The minimum atomic E-state index is -4.64. The lowest BCUT2D eigenvalue weighted by Gasteiger charge is -1.90. The molecule has 1 atom stereocenters. The van der Waals surface area contributed by atoms with Crippen LogP contribution in [-0.4, -0.2) is 55.9 Å². The van der Waals surface area contributed by atoms with Crippen LogP contribution in [0.15, 0.2) is 0 Å². The molecule has 8 N–H and O–H groups in total. The molecule has 0 amide bonds. The summed E-state index contributed by atoms with van der Waals surface area (Å²) in [7, 11) is -4.64. The van der Waals surface area contributed by atoms with E-state index in [-0.39, 0.29) is 13.2 Å². The standard InChI is InChI=1S/C3H8O2.C2H7NO.H3O4P/c1-3(5)2-4;3-1-2-4;1-5(2,3)4/h3-5H,2H2,1H3;4H,1-3H2;(H3,1,2,3,4). The van der Waals surface area contributed by atoms with E-state index in [1.807, 2.05) is 0 Å². The first-order valence-electron chi connectivity index (χ1n) is 3.57. The number of rotatable bonds is 2. The highest BCUT2D eigenvalue weighted by Gasteiger charge is 2.00. The molecule has 0 saturated heterocycles. The fraction of sp³-hybridized carbons (Fsp3) is 1.00. The molecule has 9 heteroatoms. The van der Waals surface area contributed by atoms with E-state index in [9.17, 15) is 0 Å². The van der Waals surface area contributed by atoms with Gasteiger partial charge in [-0.15, -0.1) is 0 Å². The third-order valence-corrected chi connectivity index (χ3v) is 0.393. The Morgan fingerprint density at radius 2 is 1.43 bits per heavy atom. The lowest BCUT2D eigenvalue weighted by molar-refractivity contribution is 0.110. The van der Waals surface area contributed by atoms with Crippen molar-refractivity contribution < 1.29 is 34.6 Å². The summed E-state index contributed by atoms with van der Waals surface area (Å²) in [6.07, 6.45) is -0.560. The number of hydrogen-bond acceptors (Lipinski definition) is 5. The van der Waals surface area contributed by atoms with E-state index < -0.39 is 13.9 Å². The van der Waals surface area contributed by atoms with E-state index in [2.05, 4.69) is 0 Å². The third-order valence-electron chi connectivity index (χ3n) is 0.393. The van der Waals surface area contributed by atoms with E-state index in [0.717, 1.165) is 0 Å². The highest BCUT2D eigenvalue weighted by atomic mass is 31.2. The van der Waals surface area contributed by atoms with Gasteiger partial charge in [-0.1, -0.05) is 0 Å². The van der Waals surface area contributed by atoms with Crippen LogP contribution in [0.1, 0.15) is 6.92 Å². The first kappa shape index (κ1) is 19.5. The second kappa shape index (κ2) is 12.9. The van der Waals surface area contributed by atoms with Crippen molar-refractivity contribution in [2.45, 2.75) is 13.0 Å². The Morgan fingerprint density at radius 1 is 1.29 bits per heavy atom. The van der Waals surface area contributed by atoms with Gasteiger partial charge in [-0.05, 0) is 6.92 Å². The number of phosphoric acid groups is 1. The van der Waals surface area contributed by atoms with Gasteiger partial charge in [-0.3, -0.25) is 0 Å². The maximum atomic E-state index is 8.88. The SMILES string of the molecule is CC(O)CO.NCCO.O=P(O)(O)O. The molecule has 0 saturated carbocycles. The van der Waals surface area contributed by atoms with Crippen LogP contribution >= 0.6 is 7.82 Å². The van der Waals surface area contributed by atoms with Gasteiger partial charge >= 0.3 is 7.82 Å². The van der Waals surface area contributed by atoms with Crippen molar-refractivity contribution in [3.63, 3.8) is 0 Å². The van der Waals surface area contributed by atoms with Crippen LogP contribution in [0.5, 0.6) is 0 Å². The molecule has 0 aromatic rings. The zero-order valence-corrected chi connectivity index (χ0v) is 8.71. The molecule has 0 spiro atoms. The number of nitrogens with two attached hydrogens (primary N) is 1. The smallest absolute Gasteiger partial charge is 0.395 e. The van der Waals surface area contributed by atoms with Gasteiger partial charge in [0.25, 0.3) is 0 Å². The fourth-order valence-corrected chi connectivity index (χ4v) is 0. The molecule has 0 heterocycles. The molecule has 0 rings (SSSR count). The zero-order chi connectivity index (χ0) is 12.2. The Labute approximate surface area is 81.9 Å². The minimum absolute atomic E-state index is 0.0972. The van der Waals surface area contributed by atoms with Crippen LogP contribution in [0, 0.1) is 0 Å². The molecule has 1 unspecified atom stereocenters. The van der Waals surface area contributed by atoms with Gasteiger partial charge in [0, 0.05) is 6.54 Å². The summed E-state index contributed by atoms with van der Waals surface area (Å²) in [6.45, 7) is 1.86. The fourth-order valence-electron chi connectivity index (χ4n) is 0. The zero-order valence-electron chi connectivity index (χ0n) is 7.81. The first-order valence-corrected chi connectivity index (χ1v) is 5.13. The highest BCUT2D eigenvalue weighted by Crippen LogP contribution is 2.25. The number of aliphatic hydroxyl groups is 3. The lowest BCUT2D eigenvalue weighted by atomic mass is 10.5. The molecule has 0 radical (unpaired) electrons. The largest absolute Gasteiger partial charge is 0.466 e. The van der Waals surface area contributed by atoms with Gasteiger partial charge in [0.05, 0.1) is 19.3 Å². The van der Waals surface area contributed by atoms with E-state index in [4.69, 9.17) is 40.3 Å². The molecule has 0 aromatic carbocycles. The Bertz CT molecular complexity index is 126. The lowest BCUT2D eigenvalue weighted by Crippen LogP contribution is -2.03. The molecule has 0 aliphatic carbocycles. The molecule has 90 valence electrons. The van der Waals surface area contributed by atoms with Crippen molar-refractivity contribution in [2.75, 3.05) is 19.8 Å². The molecule has 0 fully saturated rings. The van der Waals surface area contributed by atoms with Gasteiger partial charge in [-0.25, -0.2) is 4.57 Å². The molecular formula is C5H18NO7P. The van der Waals surface area contributed by atoms with Crippen molar-refractivity contribution in [3.8, 4) is 0 Å². The molecule has 0 aromatic heterocycles. The van der Waals surface area contributed by atoms with Crippen molar-refractivity contribution >= 4 is 7.82 Å². The summed E-state index contributed by atoms with van der Waals surface area (Å²) < 4.78 is 8.88. The first-order chi connectivity index (χ1) is 6.18. The van der Waals surface area contributed by atoms with E-state index in [0.29, 0.717) is 6.54 Å². The quantitative estimate of drug-likeness (QED) is 0.255. The summed E-state index contributed by atoms with van der Waals surface area (Å²) in [5.41, 5.74) is 4.78. The van der Waals surface area contributed by atoms with Gasteiger partial charge in [0.1, 0.15) is 0 Å². The van der Waals surface area contributed by atoms with Crippen molar-refractivity contribution in [3.05, 3.63) is 0 Å². The summed E-state index contributed by atoms with van der Waals surface area (Å²) in [6, 6.07) is 0. The second-order valence-electron chi connectivity index (χ2n) is 2.06. The Hall–Kier alpha value is -0.0500. The molecule has 0 aliphatic rings. The van der Waals surface area contributed by atoms with Gasteiger partial charge in [0.2, 0.25) is 0 Å². The molecule has 0 bridgehead atoms. The topological polar surface area (TPSA) is 164 Å². The van der Waals surface area contributed by atoms with E-state index in [1.165, 1.54) is 6.92 Å². The van der Waals surface area contributed by atoms with Crippen molar-refractivity contribution in [1.29, 1.82) is 0 Å². The summed E-state index contributed by atoms with van der Waals surface area (Å²) in [4.78, 5) is 21.6. The molecule has 0 aliphatic heterocycles. The summed E-state index contributed by atoms with van der Waals surface area (Å²) >= 11 is 0. The second-order valence-corrected chi connectivity index (χ2v) is 3.08. The Kier molecular flexibility index (Phi) is 18.0. The van der Waals surface area contributed by atoms with Gasteiger partial charge < -0.3 is 35.7 Å². The average molecular weight is 235 g/mol. The van der Waals surface area contributed by atoms with Crippen molar-refractivity contribution in [1.82, 2.24) is 0 Å². The van der Waals surface area contributed by atoms with E-state index in [1.54, 1.807) is 0 Å². The molecular weight excluding hydrogens is 217 g/mol. The van der Waals surface area contributed by atoms with Gasteiger partial charge in [0.15, 0.2) is 0 Å². The monoisotopic (exact) mass is 235 g/mol. The van der Waals surface area contributed by atoms with Crippen LogP contribution in [-0.2, 0) is 4.57 Å². The normalized spacial score (nSPS) is 11.7. The Morgan fingerprint density at radius 3 is 1.43 bits per heavy atom. The van der Waals surface area contributed by atoms with Crippen LogP contribution in [0.25, 0.3) is 0 Å². The molecule has 14 heavy (non-hydrogen) atoms. The summed E-state index contributed by atoms with van der Waals surface area (Å²) in [5, 5.41) is 23.8. The summed E-state index contributed by atoms with van der Waals surface area (Å²) in [5.74, 6) is 0. The van der Waals surface area contributed by atoms with Crippen LogP contribution < -0.4 is 5.73 Å². The van der Waals surface area contributed by atoms with Crippen molar-refractivity contribution in [2.24, 2.45) is 5.73 Å². The average Bonchev–Trinajstić information content (AvgIpc) is 2.02.